The number of carbonyl (C=O) groups is 1. The van der Waals surface area contributed by atoms with Gasteiger partial charge in [0, 0.05) is 13.6 Å². The van der Waals surface area contributed by atoms with Crippen molar-refractivity contribution < 1.29 is 23.1 Å². The third kappa shape index (κ3) is 4.10. The highest BCUT2D eigenvalue weighted by Crippen LogP contribution is 2.12. The average Bonchev–Trinajstić information content (AvgIpc) is 2.35. The van der Waals surface area contributed by atoms with Crippen LogP contribution in [-0.4, -0.2) is 50.6 Å². The van der Waals surface area contributed by atoms with E-state index < -0.39 is 22.6 Å². The van der Waals surface area contributed by atoms with E-state index in [0.29, 0.717) is 0 Å². The molecule has 100 valence electrons. The van der Waals surface area contributed by atoms with Gasteiger partial charge in [0.15, 0.2) is 0 Å². The Morgan fingerprint density at radius 3 is 2.50 bits per heavy atom. The molecule has 0 aliphatic rings. The van der Waals surface area contributed by atoms with Gasteiger partial charge in [0.1, 0.15) is 6.61 Å². The minimum absolute atomic E-state index is 0.0366. The van der Waals surface area contributed by atoms with Crippen molar-refractivity contribution in [2.75, 3.05) is 26.8 Å². The molecule has 0 aliphatic carbocycles. The topological polar surface area (TPSA) is 83.9 Å². The van der Waals surface area contributed by atoms with Crippen LogP contribution in [-0.2, 0) is 19.6 Å². The second-order valence-corrected chi connectivity index (χ2v) is 5.63. The highest BCUT2D eigenvalue weighted by Gasteiger charge is 2.19. The van der Waals surface area contributed by atoms with E-state index in [1.165, 1.54) is 19.2 Å². The molecule has 0 atom stereocenters. The molecular formula is C11H15NO5S. The zero-order valence-electron chi connectivity index (χ0n) is 9.94. The first-order valence-electron chi connectivity index (χ1n) is 5.25. The maximum Gasteiger partial charge on any atom is 0.329 e. The lowest BCUT2D eigenvalue weighted by molar-refractivity contribution is -0.142. The fraction of sp³-hybridized carbons (Fsp3) is 0.364. The largest absolute Gasteiger partial charge is 0.480 e. The standard InChI is InChI=1S/C11H15NO5S/c1-12(7-8-17-9-11(13)14)18(15,16)10-5-3-2-4-6-10/h2-6H,7-9H2,1H3,(H,13,14). The Morgan fingerprint density at radius 1 is 1.33 bits per heavy atom. The third-order valence-electron chi connectivity index (χ3n) is 2.23. The van der Waals surface area contributed by atoms with Crippen LogP contribution < -0.4 is 0 Å². The zero-order chi connectivity index (χ0) is 13.6. The molecule has 0 amide bonds. The molecule has 0 aromatic heterocycles. The highest BCUT2D eigenvalue weighted by atomic mass is 32.2. The van der Waals surface area contributed by atoms with Gasteiger partial charge in [-0.25, -0.2) is 13.2 Å². The van der Waals surface area contributed by atoms with Crippen molar-refractivity contribution in [1.29, 1.82) is 0 Å². The fourth-order valence-electron chi connectivity index (χ4n) is 1.25. The predicted octanol–water partition coefficient (Wildman–Crippen LogP) is 0.408. The van der Waals surface area contributed by atoms with Gasteiger partial charge in [0.05, 0.1) is 11.5 Å². The second-order valence-electron chi connectivity index (χ2n) is 3.59. The lowest BCUT2D eigenvalue weighted by Gasteiger charge is -2.16. The van der Waals surface area contributed by atoms with Crippen molar-refractivity contribution in [2.24, 2.45) is 0 Å². The number of aliphatic carboxylic acids is 1. The summed E-state index contributed by atoms with van der Waals surface area (Å²) in [7, 11) is -2.11. The van der Waals surface area contributed by atoms with Gasteiger partial charge in [-0.05, 0) is 12.1 Å². The van der Waals surface area contributed by atoms with E-state index in [-0.39, 0.29) is 18.0 Å². The van der Waals surface area contributed by atoms with Gasteiger partial charge < -0.3 is 9.84 Å². The molecule has 0 spiro atoms. The molecule has 0 unspecified atom stereocenters. The molecule has 1 aromatic carbocycles. The summed E-state index contributed by atoms with van der Waals surface area (Å²) in [4.78, 5) is 10.4. The van der Waals surface area contributed by atoms with Crippen LogP contribution in [0, 0.1) is 0 Å². The molecule has 18 heavy (non-hydrogen) atoms. The van der Waals surface area contributed by atoms with Crippen molar-refractivity contribution in [3.8, 4) is 0 Å². The number of sulfonamides is 1. The van der Waals surface area contributed by atoms with Crippen LogP contribution in [0.5, 0.6) is 0 Å². The quantitative estimate of drug-likeness (QED) is 0.727. The molecule has 1 N–H and O–H groups in total. The molecule has 6 nitrogen and oxygen atoms in total. The number of nitrogens with zero attached hydrogens (tertiary/aromatic N) is 1. The van der Waals surface area contributed by atoms with Crippen LogP contribution in [0.2, 0.25) is 0 Å². The monoisotopic (exact) mass is 273 g/mol. The lowest BCUT2D eigenvalue weighted by atomic mass is 10.4. The van der Waals surface area contributed by atoms with Crippen LogP contribution in [0.15, 0.2) is 35.2 Å². The van der Waals surface area contributed by atoms with Crippen LogP contribution >= 0.6 is 0 Å². The van der Waals surface area contributed by atoms with Crippen molar-refractivity contribution in [3.05, 3.63) is 30.3 Å². The van der Waals surface area contributed by atoms with Gasteiger partial charge in [0.25, 0.3) is 0 Å². The number of hydrogen-bond acceptors (Lipinski definition) is 4. The molecule has 0 saturated carbocycles. The molecular weight excluding hydrogens is 258 g/mol. The van der Waals surface area contributed by atoms with Gasteiger partial charge in [-0.15, -0.1) is 0 Å². The van der Waals surface area contributed by atoms with Crippen LogP contribution in [0.1, 0.15) is 0 Å². The first-order valence-corrected chi connectivity index (χ1v) is 6.69. The smallest absolute Gasteiger partial charge is 0.329 e. The molecule has 0 bridgehead atoms. The number of ether oxygens (including phenoxy) is 1. The van der Waals surface area contributed by atoms with Crippen molar-refractivity contribution in [3.63, 3.8) is 0 Å². The van der Waals surface area contributed by atoms with Crippen LogP contribution in [0.4, 0.5) is 0 Å². The molecule has 1 rings (SSSR count). The highest BCUT2D eigenvalue weighted by molar-refractivity contribution is 7.89. The van der Waals surface area contributed by atoms with Crippen molar-refractivity contribution in [1.82, 2.24) is 4.31 Å². The summed E-state index contributed by atoms with van der Waals surface area (Å²) in [5, 5.41) is 8.36. The third-order valence-corrected chi connectivity index (χ3v) is 4.10. The summed E-state index contributed by atoms with van der Waals surface area (Å²) in [6, 6.07) is 8.02. The summed E-state index contributed by atoms with van der Waals surface area (Å²) in [5.74, 6) is -1.08. The Labute approximate surface area is 106 Å². The van der Waals surface area contributed by atoms with Gasteiger partial charge in [-0.1, -0.05) is 18.2 Å². The minimum atomic E-state index is -3.53. The molecule has 1 aromatic rings. The second kappa shape index (κ2) is 6.48. The predicted molar refractivity (Wildman–Crippen MR) is 64.7 cm³/mol. The summed E-state index contributed by atoms with van der Waals surface area (Å²) >= 11 is 0. The Morgan fingerprint density at radius 2 is 1.94 bits per heavy atom. The number of hydrogen-bond donors (Lipinski definition) is 1. The van der Waals surface area contributed by atoms with E-state index in [9.17, 15) is 13.2 Å². The summed E-state index contributed by atoms with van der Waals surface area (Å²) in [6.07, 6.45) is 0. The number of carboxylic acids is 1. The Kier molecular flexibility index (Phi) is 5.26. The molecule has 0 radical (unpaired) electrons. The Bertz CT molecular complexity index is 485. The number of rotatable bonds is 7. The van der Waals surface area contributed by atoms with Gasteiger partial charge >= 0.3 is 5.97 Å². The fourth-order valence-corrected chi connectivity index (χ4v) is 2.42. The first-order chi connectivity index (χ1) is 8.44. The number of benzene rings is 1. The maximum atomic E-state index is 12.0. The zero-order valence-corrected chi connectivity index (χ0v) is 10.8. The van der Waals surface area contributed by atoms with E-state index >= 15 is 0 Å². The van der Waals surface area contributed by atoms with Crippen LogP contribution in [0.3, 0.4) is 0 Å². The van der Waals surface area contributed by atoms with Crippen LogP contribution in [0.25, 0.3) is 0 Å². The molecule has 0 heterocycles. The number of carboxylic acid groups (broad SMARTS) is 1. The van der Waals surface area contributed by atoms with E-state index in [1.807, 2.05) is 0 Å². The Hall–Kier alpha value is -1.44. The Balaban J connectivity index is 2.56. The van der Waals surface area contributed by atoms with E-state index in [1.54, 1.807) is 18.2 Å². The summed E-state index contributed by atoms with van der Waals surface area (Å²) in [5.41, 5.74) is 0. The summed E-state index contributed by atoms with van der Waals surface area (Å²) < 4.78 is 29.9. The molecule has 0 fully saturated rings. The van der Waals surface area contributed by atoms with Gasteiger partial charge in [-0.3, -0.25) is 0 Å². The first kappa shape index (κ1) is 14.6. The summed E-state index contributed by atoms with van der Waals surface area (Å²) in [6.45, 7) is -0.293. The van der Waals surface area contributed by atoms with Crippen molar-refractivity contribution in [2.45, 2.75) is 4.90 Å². The lowest BCUT2D eigenvalue weighted by Crippen LogP contribution is -2.30. The molecule has 7 heteroatoms. The SMILES string of the molecule is CN(CCOCC(=O)O)S(=O)(=O)c1ccccc1. The maximum absolute atomic E-state index is 12.0. The van der Waals surface area contributed by atoms with E-state index in [2.05, 4.69) is 0 Å². The normalized spacial score (nSPS) is 11.7. The van der Waals surface area contributed by atoms with Gasteiger partial charge in [-0.2, -0.15) is 4.31 Å². The minimum Gasteiger partial charge on any atom is -0.480 e. The van der Waals surface area contributed by atoms with Gasteiger partial charge in [0.2, 0.25) is 10.0 Å². The van der Waals surface area contributed by atoms with E-state index in [4.69, 9.17) is 9.84 Å². The molecule has 0 saturated heterocycles. The number of likely N-dealkylation sites (N-methyl/N-ethyl adjacent to an activating group) is 1. The average molecular weight is 273 g/mol. The van der Waals surface area contributed by atoms with E-state index in [0.717, 1.165) is 4.31 Å². The van der Waals surface area contributed by atoms with Crippen molar-refractivity contribution >= 4 is 16.0 Å². The molecule has 0 aliphatic heterocycles.